The van der Waals surface area contributed by atoms with Crippen molar-refractivity contribution in [3.63, 3.8) is 0 Å². The molecule has 0 bridgehead atoms. The number of anilines is 1. The van der Waals surface area contributed by atoms with E-state index in [2.05, 4.69) is 15.3 Å². The molecule has 1 aliphatic rings. The quantitative estimate of drug-likeness (QED) is 0.755. The van der Waals surface area contributed by atoms with E-state index < -0.39 is 0 Å². The van der Waals surface area contributed by atoms with Gasteiger partial charge in [-0.1, -0.05) is 0 Å². The number of carbonyl (C=O) groups is 2. The summed E-state index contributed by atoms with van der Waals surface area (Å²) in [6.45, 7) is 5.15. The summed E-state index contributed by atoms with van der Waals surface area (Å²) in [6, 6.07) is 0. The van der Waals surface area contributed by atoms with Crippen molar-refractivity contribution in [2.24, 2.45) is 0 Å². The fraction of sp³-hybridized carbons (Fsp3) is 0.600. The SMILES string of the molecule is COCCCNc1ncc(C(=O)N2CCN(C(C)=O)CC2)cn1. The van der Waals surface area contributed by atoms with Crippen LogP contribution in [-0.2, 0) is 9.53 Å². The number of methoxy groups -OCH3 is 1. The zero-order valence-corrected chi connectivity index (χ0v) is 13.6. The Kier molecular flexibility index (Phi) is 6.28. The second kappa shape index (κ2) is 8.42. The van der Waals surface area contributed by atoms with E-state index in [9.17, 15) is 9.59 Å². The molecule has 126 valence electrons. The van der Waals surface area contributed by atoms with Crippen molar-refractivity contribution in [1.82, 2.24) is 19.8 Å². The topological polar surface area (TPSA) is 87.7 Å². The van der Waals surface area contributed by atoms with E-state index in [0.29, 0.717) is 50.8 Å². The molecule has 0 radical (unpaired) electrons. The van der Waals surface area contributed by atoms with Gasteiger partial charge in [-0.3, -0.25) is 9.59 Å². The molecule has 1 aliphatic heterocycles. The molecular weight excluding hydrogens is 298 g/mol. The monoisotopic (exact) mass is 321 g/mol. The Bertz CT molecular complexity index is 526. The molecule has 0 unspecified atom stereocenters. The first kappa shape index (κ1) is 17.1. The van der Waals surface area contributed by atoms with Crippen molar-refractivity contribution in [3.05, 3.63) is 18.0 Å². The van der Waals surface area contributed by atoms with E-state index in [4.69, 9.17) is 4.74 Å². The molecule has 2 heterocycles. The summed E-state index contributed by atoms with van der Waals surface area (Å²) >= 11 is 0. The average Bonchev–Trinajstić information content (AvgIpc) is 2.59. The number of carbonyl (C=O) groups excluding carboxylic acids is 2. The summed E-state index contributed by atoms with van der Waals surface area (Å²) < 4.78 is 4.96. The normalized spacial score (nSPS) is 14.7. The first-order chi connectivity index (χ1) is 11.1. The van der Waals surface area contributed by atoms with Gasteiger partial charge in [-0.15, -0.1) is 0 Å². The molecule has 0 aliphatic carbocycles. The molecule has 1 aromatic rings. The maximum absolute atomic E-state index is 12.4. The van der Waals surface area contributed by atoms with E-state index >= 15 is 0 Å². The Morgan fingerprint density at radius 2 is 1.78 bits per heavy atom. The molecule has 1 fully saturated rings. The molecule has 2 rings (SSSR count). The van der Waals surface area contributed by atoms with Crippen LogP contribution in [0.25, 0.3) is 0 Å². The van der Waals surface area contributed by atoms with Crippen LogP contribution in [0.4, 0.5) is 5.95 Å². The van der Waals surface area contributed by atoms with Gasteiger partial charge in [0.15, 0.2) is 0 Å². The van der Waals surface area contributed by atoms with Crippen LogP contribution in [-0.4, -0.2) is 78.0 Å². The predicted octanol–water partition coefficient (Wildman–Crippen LogP) is 0.229. The minimum atomic E-state index is -0.0980. The number of aromatic nitrogens is 2. The molecule has 8 heteroatoms. The van der Waals surface area contributed by atoms with Crippen molar-refractivity contribution >= 4 is 17.8 Å². The molecular formula is C15H23N5O3. The van der Waals surface area contributed by atoms with Crippen molar-refractivity contribution in [2.75, 3.05) is 51.8 Å². The van der Waals surface area contributed by atoms with E-state index in [1.165, 1.54) is 12.4 Å². The highest BCUT2D eigenvalue weighted by Gasteiger charge is 2.23. The minimum absolute atomic E-state index is 0.0457. The maximum Gasteiger partial charge on any atom is 0.257 e. The number of hydrogen-bond donors (Lipinski definition) is 1. The third-order valence-electron chi connectivity index (χ3n) is 3.72. The van der Waals surface area contributed by atoms with Gasteiger partial charge in [-0.05, 0) is 6.42 Å². The Hall–Kier alpha value is -2.22. The summed E-state index contributed by atoms with van der Waals surface area (Å²) in [6.07, 6.45) is 3.93. The van der Waals surface area contributed by atoms with Crippen LogP contribution in [0.2, 0.25) is 0 Å². The van der Waals surface area contributed by atoms with Gasteiger partial charge in [0.25, 0.3) is 5.91 Å². The van der Waals surface area contributed by atoms with Crippen molar-refractivity contribution in [1.29, 1.82) is 0 Å². The zero-order valence-electron chi connectivity index (χ0n) is 13.6. The lowest BCUT2D eigenvalue weighted by atomic mass is 10.2. The number of ether oxygens (including phenoxy) is 1. The number of nitrogens with zero attached hydrogens (tertiary/aromatic N) is 4. The lowest BCUT2D eigenvalue weighted by molar-refractivity contribution is -0.130. The molecule has 2 amide bonds. The number of nitrogens with one attached hydrogen (secondary N) is 1. The number of piperazine rings is 1. The second-order valence-corrected chi connectivity index (χ2v) is 5.37. The molecule has 0 atom stereocenters. The average molecular weight is 321 g/mol. The van der Waals surface area contributed by atoms with Gasteiger partial charge < -0.3 is 19.9 Å². The van der Waals surface area contributed by atoms with E-state index in [0.717, 1.165) is 6.42 Å². The van der Waals surface area contributed by atoms with Gasteiger partial charge in [0, 0.05) is 65.8 Å². The van der Waals surface area contributed by atoms with Crippen LogP contribution < -0.4 is 5.32 Å². The molecule has 1 N–H and O–H groups in total. The molecule has 0 saturated carbocycles. The first-order valence-corrected chi connectivity index (χ1v) is 7.71. The second-order valence-electron chi connectivity index (χ2n) is 5.37. The van der Waals surface area contributed by atoms with Crippen molar-refractivity contribution < 1.29 is 14.3 Å². The lowest BCUT2D eigenvalue weighted by Gasteiger charge is -2.34. The molecule has 0 aromatic carbocycles. The number of rotatable bonds is 6. The van der Waals surface area contributed by atoms with Crippen LogP contribution in [0.1, 0.15) is 23.7 Å². The third kappa shape index (κ3) is 4.88. The number of amides is 2. The van der Waals surface area contributed by atoms with Crippen LogP contribution >= 0.6 is 0 Å². The highest BCUT2D eigenvalue weighted by atomic mass is 16.5. The first-order valence-electron chi connectivity index (χ1n) is 7.71. The molecule has 1 aromatic heterocycles. The summed E-state index contributed by atoms with van der Waals surface area (Å²) in [5, 5.41) is 3.07. The van der Waals surface area contributed by atoms with Crippen molar-refractivity contribution in [3.8, 4) is 0 Å². The molecule has 8 nitrogen and oxygen atoms in total. The molecule has 0 spiro atoms. The van der Waals surface area contributed by atoms with Gasteiger partial charge in [0.05, 0.1) is 5.56 Å². The van der Waals surface area contributed by atoms with Gasteiger partial charge >= 0.3 is 0 Å². The smallest absolute Gasteiger partial charge is 0.257 e. The highest BCUT2D eigenvalue weighted by Crippen LogP contribution is 2.09. The minimum Gasteiger partial charge on any atom is -0.385 e. The Morgan fingerprint density at radius 1 is 1.17 bits per heavy atom. The Labute approximate surface area is 135 Å². The summed E-state index contributed by atoms with van der Waals surface area (Å²) in [5.74, 6) is 0.447. The van der Waals surface area contributed by atoms with Crippen LogP contribution in [0.5, 0.6) is 0 Å². The maximum atomic E-state index is 12.4. The van der Waals surface area contributed by atoms with Gasteiger partial charge in [-0.25, -0.2) is 9.97 Å². The third-order valence-corrected chi connectivity index (χ3v) is 3.72. The zero-order chi connectivity index (χ0) is 16.7. The standard InChI is InChI=1S/C15H23N5O3/c1-12(21)19-5-7-20(8-6-19)14(22)13-10-17-15(18-11-13)16-4-3-9-23-2/h10-11H,3-9H2,1-2H3,(H,16,17,18). The van der Waals surface area contributed by atoms with Gasteiger partial charge in [0.2, 0.25) is 11.9 Å². The predicted molar refractivity (Wildman–Crippen MR) is 85.2 cm³/mol. The highest BCUT2D eigenvalue weighted by molar-refractivity contribution is 5.93. The van der Waals surface area contributed by atoms with Crippen LogP contribution in [0.3, 0.4) is 0 Å². The number of hydrogen-bond acceptors (Lipinski definition) is 6. The van der Waals surface area contributed by atoms with Crippen LogP contribution in [0, 0.1) is 0 Å². The largest absolute Gasteiger partial charge is 0.385 e. The summed E-state index contributed by atoms with van der Waals surface area (Å²) in [7, 11) is 1.66. The van der Waals surface area contributed by atoms with Crippen LogP contribution in [0.15, 0.2) is 12.4 Å². The fourth-order valence-electron chi connectivity index (χ4n) is 2.35. The van der Waals surface area contributed by atoms with Gasteiger partial charge in [-0.2, -0.15) is 0 Å². The summed E-state index contributed by atoms with van der Waals surface area (Å²) in [4.78, 5) is 35.5. The molecule has 1 saturated heterocycles. The van der Waals surface area contributed by atoms with Gasteiger partial charge in [0.1, 0.15) is 0 Å². The van der Waals surface area contributed by atoms with E-state index in [1.54, 1.807) is 23.8 Å². The lowest BCUT2D eigenvalue weighted by Crippen LogP contribution is -2.50. The Morgan fingerprint density at radius 3 is 2.35 bits per heavy atom. The van der Waals surface area contributed by atoms with E-state index in [1.807, 2.05) is 0 Å². The van der Waals surface area contributed by atoms with Crippen molar-refractivity contribution in [2.45, 2.75) is 13.3 Å². The Balaban J connectivity index is 1.84. The summed E-state index contributed by atoms with van der Waals surface area (Å²) in [5.41, 5.74) is 0.462. The van der Waals surface area contributed by atoms with E-state index in [-0.39, 0.29) is 11.8 Å². The molecule has 23 heavy (non-hydrogen) atoms. The fourth-order valence-corrected chi connectivity index (χ4v) is 2.35.